The zero-order chi connectivity index (χ0) is 14.5. The van der Waals surface area contributed by atoms with Crippen molar-refractivity contribution in [1.82, 2.24) is 4.98 Å². The van der Waals surface area contributed by atoms with Crippen LogP contribution in [0.2, 0.25) is 5.02 Å². The van der Waals surface area contributed by atoms with Crippen molar-refractivity contribution < 1.29 is 4.74 Å². The van der Waals surface area contributed by atoms with E-state index in [1.165, 1.54) is 6.42 Å². The zero-order valence-corrected chi connectivity index (χ0v) is 12.7. The molecular formula is C15H20ClN3O. The fourth-order valence-electron chi connectivity index (χ4n) is 2.80. The van der Waals surface area contributed by atoms with Crippen molar-refractivity contribution in [2.45, 2.75) is 32.2 Å². The van der Waals surface area contributed by atoms with Gasteiger partial charge in [0.05, 0.1) is 11.6 Å². The van der Waals surface area contributed by atoms with E-state index < -0.39 is 0 Å². The largest absolute Gasteiger partial charge is 0.383 e. The maximum absolute atomic E-state index is 9.07. The molecule has 0 amide bonds. The van der Waals surface area contributed by atoms with Crippen LogP contribution in [0, 0.1) is 17.2 Å². The maximum atomic E-state index is 9.07. The van der Waals surface area contributed by atoms with Crippen LogP contribution in [0.4, 0.5) is 5.82 Å². The highest BCUT2D eigenvalue weighted by atomic mass is 35.5. The molecule has 1 heterocycles. The first kappa shape index (κ1) is 15.1. The minimum Gasteiger partial charge on any atom is -0.383 e. The molecule has 0 aliphatic heterocycles. The van der Waals surface area contributed by atoms with Crippen molar-refractivity contribution in [2.75, 3.05) is 25.2 Å². The van der Waals surface area contributed by atoms with Crippen LogP contribution in [-0.2, 0) is 4.74 Å². The number of anilines is 1. The zero-order valence-electron chi connectivity index (χ0n) is 12.0. The first-order valence-corrected chi connectivity index (χ1v) is 7.35. The molecule has 0 aromatic carbocycles. The summed E-state index contributed by atoms with van der Waals surface area (Å²) >= 11 is 5.96. The Kier molecular flexibility index (Phi) is 5.22. The molecule has 5 heteroatoms. The van der Waals surface area contributed by atoms with Crippen LogP contribution >= 0.6 is 11.6 Å². The van der Waals surface area contributed by atoms with Crippen molar-refractivity contribution in [2.24, 2.45) is 5.92 Å². The van der Waals surface area contributed by atoms with E-state index in [0.29, 0.717) is 17.7 Å². The van der Waals surface area contributed by atoms with E-state index in [-0.39, 0.29) is 5.69 Å². The molecule has 1 saturated carbocycles. The highest BCUT2D eigenvalue weighted by Gasteiger charge is 2.27. The number of methoxy groups -OCH3 is 1. The SMILES string of the molecule is COCCN(c1ccc(Cl)c(C#N)n1)C1CCC(C)C1. The smallest absolute Gasteiger partial charge is 0.161 e. The number of hydrogen-bond donors (Lipinski definition) is 0. The number of rotatable bonds is 5. The summed E-state index contributed by atoms with van der Waals surface area (Å²) in [5, 5.41) is 9.47. The highest BCUT2D eigenvalue weighted by Crippen LogP contribution is 2.31. The van der Waals surface area contributed by atoms with Crippen LogP contribution in [-0.4, -0.2) is 31.3 Å². The fourth-order valence-corrected chi connectivity index (χ4v) is 2.95. The Morgan fingerprint density at radius 1 is 1.50 bits per heavy atom. The number of halogens is 1. The van der Waals surface area contributed by atoms with E-state index >= 15 is 0 Å². The number of aromatic nitrogens is 1. The van der Waals surface area contributed by atoms with Crippen molar-refractivity contribution in [3.63, 3.8) is 0 Å². The van der Waals surface area contributed by atoms with Crippen LogP contribution in [0.15, 0.2) is 12.1 Å². The third-order valence-electron chi connectivity index (χ3n) is 3.88. The van der Waals surface area contributed by atoms with Gasteiger partial charge in [0.25, 0.3) is 0 Å². The van der Waals surface area contributed by atoms with Crippen molar-refractivity contribution in [3.8, 4) is 6.07 Å². The van der Waals surface area contributed by atoms with Gasteiger partial charge in [0.2, 0.25) is 0 Å². The topological polar surface area (TPSA) is 49.1 Å². The van der Waals surface area contributed by atoms with Crippen LogP contribution in [0.25, 0.3) is 0 Å². The Morgan fingerprint density at radius 2 is 2.30 bits per heavy atom. The van der Waals surface area contributed by atoms with E-state index in [2.05, 4.69) is 16.8 Å². The van der Waals surface area contributed by atoms with Gasteiger partial charge in [-0.3, -0.25) is 0 Å². The Bertz CT molecular complexity index is 500. The van der Waals surface area contributed by atoms with Crippen LogP contribution in [0.5, 0.6) is 0 Å². The lowest BCUT2D eigenvalue weighted by Gasteiger charge is -2.30. The summed E-state index contributed by atoms with van der Waals surface area (Å²) in [5.74, 6) is 1.56. The quantitative estimate of drug-likeness (QED) is 0.836. The molecule has 0 bridgehead atoms. The summed E-state index contributed by atoms with van der Waals surface area (Å²) < 4.78 is 5.20. The number of ether oxygens (including phenoxy) is 1. The molecule has 1 aliphatic rings. The minimum atomic E-state index is 0.289. The summed E-state index contributed by atoms with van der Waals surface area (Å²) in [7, 11) is 1.70. The van der Waals surface area contributed by atoms with Crippen molar-refractivity contribution in [1.29, 1.82) is 5.26 Å². The monoisotopic (exact) mass is 293 g/mol. The van der Waals surface area contributed by atoms with Gasteiger partial charge in [0.1, 0.15) is 11.9 Å². The summed E-state index contributed by atoms with van der Waals surface area (Å²) in [4.78, 5) is 6.65. The van der Waals surface area contributed by atoms with Crippen LogP contribution in [0.1, 0.15) is 31.9 Å². The molecule has 2 atom stereocenters. The van der Waals surface area contributed by atoms with Gasteiger partial charge in [-0.05, 0) is 37.3 Å². The summed E-state index contributed by atoms with van der Waals surface area (Å²) in [5.41, 5.74) is 0.289. The standard InChI is InChI=1S/C15H20ClN3O/c1-11-3-4-12(9-11)19(7-8-20-2)15-6-5-13(16)14(10-17)18-15/h5-6,11-12H,3-4,7-9H2,1-2H3. The van der Waals surface area contributed by atoms with Crippen LogP contribution < -0.4 is 4.90 Å². The second kappa shape index (κ2) is 6.92. The second-order valence-electron chi connectivity index (χ2n) is 5.37. The van der Waals surface area contributed by atoms with E-state index in [4.69, 9.17) is 21.6 Å². The number of nitrogens with zero attached hydrogens (tertiary/aromatic N) is 3. The van der Waals surface area contributed by atoms with E-state index in [1.807, 2.05) is 12.1 Å². The van der Waals surface area contributed by atoms with Gasteiger partial charge in [-0.2, -0.15) is 5.26 Å². The summed E-state index contributed by atoms with van der Waals surface area (Å²) in [6.45, 7) is 3.72. The van der Waals surface area contributed by atoms with Gasteiger partial charge in [0.15, 0.2) is 5.69 Å². The lowest BCUT2D eigenvalue weighted by Crippen LogP contribution is -2.37. The lowest BCUT2D eigenvalue weighted by molar-refractivity contribution is 0.202. The fraction of sp³-hybridized carbons (Fsp3) is 0.600. The predicted molar refractivity (Wildman–Crippen MR) is 80.0 cm³/mol. The molecule has 20 heavy (non-hydrogen) atoms. The number of hydrogen-bond acceptors (Lipinski definition) is 4. The van der Waals surface area contributed by atoms with Gasteiger partial charge >= 0.3 is 0 Å². The summed E-state index contributed by atoms with van der Waals surface area (Å²) in [6.07, 6.45) is 3.57. The van der Waals surface area contributed by atoms with Gasteiger partial charge in [-0.1, -0.05) is 18.5 Å². The number of nitriles is 1. The van der Waals surface area contributed by atoms with Crippen molar-refractivity contribution >= 4 is 17.4 Å². The van der Waals surface area contributed by atoms with Gasteiger partial charge < -0.3 is 9.64 Å². The maximum Gasteiger partial charge on any atom is 0.161 e. The Balaban J connectivity index is 2.24. The second-order valence-corrected chi connectivity index (χ2v) is 5.78. The molecule has 4 nitrogen and oxygen atoms in total. The van der Waals surface area contributed by atoms with Crippen molar-refractivity contribution in [3.05, 3.63) is 22.8 Å². The van der Waals surface area contributed by atoms with E-state index in [1.54, 1.807) is 13.2 Å². The van der Waals surface area contributed by atoms with Crippen LogP contribution in [0.3, 0.4) is 0 Å². The van der Waals surface area contributed by atoms with E-state index in [9.17, 15) is 0 Å². The molecule has 0 N–H and O–H groups in total. The molecule has 1 aliphatic carbocycles. The molecular weight excluding hydrogens is 274 g/mol. The molecule has 1 aromatic rings. The summed E-state index contributed by atoms with van der Waals surface area (Å²) in [6, 6.07) is 6.16. The first-order chi connectivity index (χ1) is 9.65. The molecule has 108 valence electrons. The van der Waals surface area contributed by atoms with Gasteiger partial charge in [0, 0.05) is 19.7 Å². The molecule has 2 rings (SSSR count). The normalized spacial score (nSPS) is 21.7. The molecule has 1 aromatic heterocycles. The molecule has 2 unspecified atom stereocenters. The highest BCUT2D eigenvalue weighted by molar-refractivity contribution is 6.31. The van der Waals surface area contributed by atoms with E-state index in [0.717, 1.165) is 31.1 Å². The third-order valence-corrected chi connectivity index (χ3v) is 4.18. The molecule has 0 radical (unpaired) electrons. The third kappa shape index (κ3) is 3.41. The Hall–Kier alpha value is -1.31. The minimum absolute atomic E-state index is 0.289. The molecule has 0 spiro atoms. The Morgan fingerprint density at radius 3 is 2.90 bits per heavy atom. The lowest BCUT2D eigenvalue weighted by atomic mass is 10.1. The number of pyridine rings is 1. The van der Waals surface area contributed by atoms with Gasteiger partial charge in [-0.15, -0.1) is 0 Å². The molecule has 1 fully saturated rings. The Labute approximate surface area is 125 Å². The predicted octanol–water partition coefficient (Wildman–Crippen LogP) is 3.25. The first-order valence-electron chi connectivity index (χ1n) is 6.98. The average Bonchev–Trinajstić information content (AvgIpc) is 2.87. The molecule has 0 saturated heterocycles. The van der Waals surface area contributed by atoms with Gasteiger partial charge in [-0.25, -0.2) is 4.98 Å². The average molecular weight is 294 g/mol.